The van der Waals surface area contributed by atoms with Crippen molar-refractivity contribution in [2.24, 2.45) is 5.92 Å². The van der Waals surface area contributed by atoms with Crippen LogP contribution in [0.1, 0.15) is 49.4 Å². The Morgan fingerprint density at radius 1 is 1.37 bits per heavy atom. The van der Waals surface area contributed by atoms with Gasteiger partial charge >= 0.3 is 0 Å². The van der Waals surface area contributed by atoms with Gasteiger partial charge in [0.05, 0.1) is 6.20 Å². The highest BCUT2D eigenvalue weighted by molar-refractivity contribution is 5.97. The summed E-state index contributed by atoms with van der Waals surface area (Å²) in [5.41, 5.74) is 0.454. The van der Waals surface area contributed by atoms with Crippen LogP contribution in [-0.4, -0.2) is 77.7 Å². The Morgan fingerprint density at radius 3 is 3.04 bits per heavy atom. The maximum atomic E-state index is 13.1. The summed E-state index contributed by atoms with van der Waals surface area (Å²) in [7, 11) is 0. The summed E-state index contributed by atoms with van der Waals surface area (Å²) in [5, 5.41) is 17.8. The van der Waals surface area contributed by atoms with Crippen molar-refractivity contribution in [3.63, 3.8) is 0 Å². The molecule has 0 aliphatic carbocycles. The smallest absolute Gasteiger partial charge is 0.259 e. The zero-order chi connectivity index (χ0) is 18.8. The molecule has 2 amide bonds. The van der Waals surface area contributed by atoms with Gasteiger partial charge < -0.3 is 9.80 Å². The average Bonchev–Trinajstić information content (AvgIpc) is 3.37. The van der Waals surface area contributed by atoms with Gasteiger partial charge in [0.25, 0.3) is 5.91 Å². The first-order chi connectivity index (χ1) is 13.2. The third-order valence-corrected chi connectivity index (χ3v) is 5.61. The lowest BCUT2D eigenvalue weighted by Crippen LogP contribution is -2.57. The van der Waals surface area contributed by atoms with Gasteiger partial charge in [-0.05, 0) is 35.6 Å². The molecule has 0 radical (unpaired) electrons. The van der Waals surface area contributed by atoms with Gasteiger partial charge in [0, 0.05) is 32.1 Å². The lowest BCUT2D eigenvalue weighted by atomic mass is 9.83. The van der Waals surface area contributed by atoms with Crippen LogP contribution >= 0.6 is 0 Å². The lowest BCUT2D eigenvalue weighted by Gasteiger charge is -2.47. The van der Waals surface area contributed by atoms with Crippen LogP contribution in [0.5, 0.6) is 0 Å². The molecule has 0 unspecified atom stereocenters. The van der Waals surface area contributed by atoms with E-state index < -0.39 is 0 Å². The molecule has 4 rings (SSSR count). The fraction of sp³-hybridized carbons (Fsp3) is 0.647. The van der Waals surface area contributed by atoms with Crippen molar-refractivity contribution < 1.29 is 9.59 Å². The molecule has 2 aliphatic heterocycles. The number of piperidine rings is 2. The van der Waals surface area contributed by atoms with E-state index in [0.29, 0.717) is 36.8 Å². The van der Waals surface area contributed by atoms with Gasteiger partial charge in [-0.15, -0.1) is 5.10 Å². The Hall–Kier alpha value is -2.78. The van der Waals surface area contributed by atoms with Gasteiger partial charge in [0.1, 0.15) is 11.9 Å². The molecule has 0 aromatic carbocycles. The molecule has 10 nitrogen and oxygen atoms in total. The molecule has 2 aliphatic rings. The molecule has 27 heavy (non-hydrogen) atoms. The molecule has 4 heterocycles. The van der Waals surface area contributed by atoms with Crippen molar-refractivity contribution in [1.82, 2.24) is 40.2 Å². The summed E-state index contributed by atoms with van der Waals surface area (Å²) >= 11 is 0. The third-order valence-electron chi connectivity index (χ3n) is 5.61. The van der Waals surface area contributed by atoms with Gasteiger partial charge in [0.15, 0.2) is 5.82 Å². The number of carbonyl (C=O) groups excluding carboxylic acids is 2. The van der Waals surface area contributed by atoms with Crippen molar-refractivity contribution in [3.05, 3.63) is 18.1 Å². The number of tetrazole rings is 1. The zero-order valence-electron chi connectivity index (χ0n) is 15.4. The number of nitrogens with zero attached hydrogens (tertiary/aromatic N) is 7. The predicted octanol–water partition coefficient (Wildman–Crippen LogP) is 0.639. The maximum Gasteiger partial charge on any atom is 0.259 e. The minimum absolute atomic E-state index is 0.0790. The van der Waals surface area contributed by atoms with Crippen LogP contribution in [0.15, 0.2) is 12.5 Å². The molecular formula is C17H24N8O2. The van der Waals surface area contributed by atoms with Crippen LogP contribution in [-0.2, 0) is 4.79 Å². The van der Waals surface area contributed by atoms with E-state index in [0.717, 1.165) is 32.2 Å². The number of aromatic amines is 1. The van der Waals surface area contributed by atoms with Crippen molar-refractivity contribution in [3.8, 4) is 5.82 Å². The minimum atomic E-state index is -0.0790. The van der Waals surface area contributed by atoms with Crippen molar-refractivity contribution >= 4 is 11.8 Å². The minimum Gasteiger partial charge on any atom is -0.339 e. The number of rotatable bonds is 5. The third kappa shape index (κ3) is 3.31. The number of carbonyl (C=O) groups is 2. The van der Waals surface area contributed by atoms with Crippen LogP contribution in [0.4, 0.5) is 0 Å². The highest BCUT2D eigenvalue weighted by Crippen LogP contribution is 2.32. The van der Waals surface area contributed by atoms with Gasteiger partial charge in [-0.2, -0.15) is 9.78 Å². The van der Waals surface area contributed by atoms with E-state index >= 15 is 0 Å². The topological polar surface area (TPSA) is 113 Å². The van der Waals surface area contributed by atoms with Crippen LogP contribution in [0, 0.1) is 5.92 Å². The first-order valence-corrected chi connectivity index (χ1v) is 9.54. The van der Waals surface area contributed by atoms with E-state index in [1.807, 2.05) is 4.90 Å². The first kappa shape index (κ1) is 17.6. The first-order valence-electron chi connectivity index (χ1n) is 9.54. The average molecular weight is 372 g/mol. The van der Waals surface area contributed by atoms with Crippen molar-refractivity contribution in [1.29, 1.82) is 0 Å². The molecule has 0 spiro atoms. The number of fused-ring (bicyclic) bond motifs is 1. The molecule has 2 aromatic rings. The number of amides is 2. The number of hydrogen-bond donors (Lipinski definition) is 1. The molecule has 144 valence electrons. The Labute approximate surface area is 156 Å². The Bertz CT molecular complexity index is 802. The molecule has 1 N–H and O–H groups in total. The second-order valence-electron chi connectivity index (χ2n) is 7.23. The second kappa shape index (κ2) is 7.45. The van der Waals surface area contributed by atoms with E-state index in [1.54, 1.807) is 0 Å². The van der Waals surface area contributed by atoms with Gasteiger partial charge in [0.2, 0.25) is 5.91 Å². The van der Waals surface area contributed by atoms with Crippen LogP contribution in [0.2, 0.25) is 0 Å². The number of unbranched alkanes of at least 4 members (excludes halogenated alkanes) is 1. The van der Waals surface area contributed by atoms with Crippen LogP contribution < -0.4 is 0 Å². The van der Waals surface area contributed by atoms with E-state index in [9.17, 15) is 9.59 Å². The number of H-pyrrole nitrogens is 1. The van der Waals surface area contributed by atoms with E-state index in [1.165, 1.54) is 17.2 Å². The van der Waals surface area contributed by atoms with Crippen LogP contribution in [0.25, 0.3) is 5.82 Å². The quantitative estimate of drug-likeness (QED) is 0.824. The highest BCUT2D eigenvalue weighted by Gasteiger charge is 2.40. The van der Waals surface area contributed by atoms with E-state index in [-0.39, 0.29) is 17.9 Å². The highest BCUT2D eigenvalue weighted by atomic mass is 16.2. The summed E-state index contributed by atoms with van der Waals surface area (Å²) in [6.07, 6.45) is 7.30. The standard InChI is InChI=1S/C17H24N8O2/c1-2-3-7-24-14-6-8-23(10-12(14)4-5-15(24)26)17(27)13-9-18-20-16(13)25-11-19-21-22-25/h9,11-12,14H,2-8,10H2,1H3,(H,18,20)/t12-,14+/m0/s1. The summed E-state index contributed by atoms with van der Waals surface area (Å²) in [6, 6.07) is 0.255. The Kier molecular flexibility index (Phi) is 4.87. The summed E-state index contributed by atoms with van der Waals surface area (Å²) < 4.78 is 1.40. The van der Waals surface area contributed by atoms with Crippen molar-refractivity contribution in [2.75, 3.05) is 19.6 Å². The molecule has 2 aromatic heterocycles. The number of hydrogen-bond acceptors (Lipinski definition) is 6. The predicted molar refractivity (Wildman–Crippen MR) is 95.0 cm³/mol. The summed E-state index contributed by atoms with van der Waals surface area (Å²) in [5.74, 6) is 0.987. The number of aromatic nitrogens is 6. The largest absolute Gasteiger partial charge is 0.339 e. The monoisotopic (exact) mass is 372 g/mol. The molecule has 2 saturated heterocycles. The Balaban J connectivity index is 1.48. The van der Waals surface area contributed by atoms with E-state index in [4.69, 9.17) is 0 Å². The molecule has 10 heteroatoms. The fourth-order valence-electron chi connectivity index (χ4n) is 4.20. The number of nitrogens with one attached hydrogen (secondary N) is 1. The van der Waals surface area contributed by atoms with E-state index in [2.05, 4.69) is 37.5 Å². The molecular weight excluding hydrogens is 348 g/mol. The van der Waals surface area contributed by atoms with Crippen LogP contribution in [0.3, 0.4) is 0 Å². The Morgan fingerprint density at radius 2 is 2.26 bits per heavy atom. The zero-order valence-corrected chi connectivity index (χ0v) is 15.4. The maximum absolute atomic E-state index is 13.1. The molecule has 2 fully saturated rings. The normalized spacial score (nSPS) is 22.8. The molecule has 2 atom stereocenters. The SMILES string of the molecule is CCCCN1C(=O)CC[C@H]2CN(C(=O)c3cn[nH]c3-n3cnnn3)CC[C@H]21. The van der Waals surface area contributed by atoms with Gasteiger partial charge in [-0.25, -0.2) is 0 Å². The fourth-order valence-corrected chi connectivity index (χ4v) is 4.20. The second-order valence-corrected chi connectivity index (χ2v) is 7.23. The van der Waals surface area contributed by atoms with Gasteiger partial charge in [-0.3, -0.25) is 14.7 Å². The summed E-state index contributed by atoms with van der Waals surface area (Å²) in [6.45, 7) is 4.27. The van der Waals surface area contributed by atoms with Crippen molar-refractivity contribution in [2.45, 2.75) is 45.1 Å². The lowest BCUT2D eigenvalue weighted by molar-refractivity contribution is -0.140. The molecule has 0 bridgehead atoms. The van der Waals surface area contributed by atoms with Gasteiger partial charge in [-0.1, -0.05) is 13.3 Å². The summed E-state index contributed by atoms with van der Waals surface area (Å²) in [4.78, 5) is 29.3. The number of likely N-dealkylation sites (tertiary alicyclic amines) is 2. The molecule has 0 saturated carbocycles.